The maximum Gasteiger partial charge on any atom is 0.416 e. The van der Waals surface area contributed by atoms with Crippen LogP contribution in [0.2, 0.25) is 0 Å². The summed E-state index contributed by atoms with van der Waals surface area (Å²) >= 11 is 0. The van der Waals surface area contributed by atoms with Crippen molar-refractivity contribution in [1.82, 2.24) is 4.90 Å². The summed E-state index contributed by atoms with van der Waals surface area (Å²) in [4.78, 5) is 2.06. The normalized spacial score (nSPS) is 15.5. The van der Waals surface area contributed by atoms with Gasteiger partial charge in [-0.3, -0.25) is 4.90 Å². The van der Waals surface area contributed by atoms with Crippen molar-refractivity contribution in [2.24, 2.45) is 11.7 Å². The van der Waals surface area contributed by atoms with Crippen LogP contribution in [0, 0.1) is 5.92 Å². The molecule has 0 radical (unpaired) electrons. The Morgan fingerprint density at radius 2 is 1.81 bits per heavy atom. The zero-order valence-electron chi connectivity index (χ0n) is 13.1. The topological polar surface area (TPSA) is 29.3 Å². The van der Waals surface area contributed by atoms with Crippen LogP contribution in [-0.2, 0) is 6.18 Å². The van der Waals surface area contributed by atoms with Crippen molar-refractivity contribution in [3.63, 3.8) is 0 Å². The van der Waals surface area contributed by atoms with Gasteiger partial charge in [0.25, 0.3) is 0 Å². The van der Waals surface area contributed by atoms with Crippen LogP contribution in [0.4, 0.5) is 13.2 Å². The maximum absolute atomic E-state index is 12.8. The molecule has 0 aliphatic rings. The van der Waals surface area contributed by atoms with Gasteiger partial charge in [-0.05, 0) is 44.0 Å². The fourth-order valence-electron chi connectivity index (χ4n) is 2.62. The molecule has 0 spiro atoms. The molecule has 2 atom stereocenters. The molecule has 0 heterocycles. The summed E-state index contributed by atoms with van der Waals surface area (Å²) in [7, 11) is 1.92. The van der Waals surface area contributed by atoms with E-state index in [4.69, 9.17) is 5.73 Å². The average molecular weight is 302 g/mol. The van der Waals surface area contributed by atoms with Crippen molar-refractivity contribution < 1.29 is 13.2 Å². The molecular weight excluding hydrogens is 277 g/mol. The summed E-state index contributed by atoms with van der Waals surface area (Å²) in [5.41, 5.74) is 5.80. The number of alkyl halides is 3. The van der Waals surface area contributed by atoms with Gasteiger partial charge in [-0.15, -0.1) is 0 Å². The van der Waals surface area contributed by atoms with Gasteiger partial charge in [0.15, 0.2) is 0 Å². The van der Waals surface area contributed by atoms with Crippen molar-refractivity contribution in [3.05, 3.63) is 35.4 Å². The molecule has 0 aliphatic heterocycles. The number of nitrogens with two attached hydrogens (primary N) is 1. The minimum Gasteiger partial charge on any atom is -0.329 e. The van der Waals surface area contributed by atoms with Gasteiger partial charge in [0, 0.05) is 18.6 Å². The summed E-state index contributed by atoms with van der Waals surface area (Å²) in [5, 5.41) is 0. The number of likely N-dealkylation sites (N-methyl/N-ethyl adjacent to an activating group) is 1. The third-order valence-corrected chi connectivity index (χ3v) is 3.82. The van der Waals surface area contributed by atoms with Crippen LogP contribution >= 0.6 is 0 Å². The second kappa shape index (κ2) is 7.27. The molecule has 21 heavy (non-hydrogen) atoms. The van der Waals surface area contributed by atoms with Crippen molar-refractivity contribution in [3.8, 4) is 0 Å². The van der Waals surface area contributed by atoms with E-state index >= 15 is 0 Å². The van der Waals surface area contributed by atoms with Crippen LogP contribution in [0.25, 0.3) is 0 Å². The molecule has 1 aromatic rings. The summed E-state index contributed by atoms with van der Waals surface area (Å²) in [6.07, 6.45) is -3.34. The predicted octanol–water partition coefficient (Wildman–Crippen LogP) is 4.07. The second-order valence-corrected chi connectivity index (χ2v) is 6.02. The van der Waals surface area contributed by atoms with Gasteiger partial charge in [-0.2, -0.15) is 13.2 Å². The van der Waals surface area contributed by atoms with E-state index < -0.39 is 11.7 Å². The number of rotatable bonds is 6. The Labute approximate surface area is 125 Å². The van der Waals surface area contributed by atoms with Crippen molar-refractivity contribution >= 4 is 0 Å². The molecule has 0 fully saturated rings. The maximum atomic E-state index is 12.8. The fourth-order valence-corrected chi connectivity index (χ4v) is 2.62. The smallest absolute Gasteiger partial charge is 0.329 e. The van der Waals surface area contributed by atoms with E-state index in [1.54, 1.807) is 6.07 Å². The number of nitrogens with zero attached hydrogens (tertiary/aromatic N) is 1. The van der Waals surface area contributed by atoms with E-state index in [0.717, 1.165) is 12.5 Å². The first kappa shape index (κ1) is 18.0. The highest BCUT2D eigenvalue weighted by molar-refractivity contribution is 5.28. The lowest BCUT2D eigenvalue weighted by Gasteiger charge is -2.34. The first-order valence-corrected chi connectivity index (χ1v) is 7.26. The second-order valence-electron chi connectivity index (χ2n) is 6.02. The molecule has 2 unspecified atom stereocenters. The molecule has 0 saturated carbocycles. The molecule has 1 rings (SSSR count). The van der Waals surface area contributed by atoms with Crippen LogP contribution in [-0.4, -0.2) is 24.5 Å². The first-order chi connectivity index (χ1) is 9.66. The van der Waals surface area contributed by atoms with Gasteiger partial charge >= 0.3 is 6.18 Å². The van der Waals surface area contributed by atoms with Crippen LogP contribution in [0.15, 0.2) is 24.3 Å². The molecule has 120 valence electrons. The molecule has 2 nitrogen and oxygen atoms in total. The molecule has 2 N–H and O–H groups in total. The summed E-state index contributed by atoms with van der Waals surface area (Å²) in [6, 6.07) is 5.51. The number of hydrogen-bond donors (Lipinski definition) is 1. The Hall–Kier alpha value is -1.07. The van der Waals surface area contributed by atoms with Crippen molar-refractivity contribution in [1.29, 1.82) is 0 Å². The number of hydrogen-bond acceptors (Lipinski definition) is 2. The Bertz CT molecular complexity index is 443. The number of halogens is 3. The van der Waals surface area contributed by atoms with E-state index in [9.17, 15) is 13.2 Å². The molecule has 0 aromatic heterocycles. The largest absolute Gasteiger partial charge is 0.416 e. The molecule has 5 heteroatoms. The average Bonchev–Trinajstić information content (AvgIpc) is 2.38. The highest BCUT2D eigenvalue weighted by Gasteiger charge is 2.31. The highest BCUT2D eigenvalue weighted by Crippen LogP contribution is 2.32. The van der Waals surface area contributed by atoms with Crippen LogP contribution in [0.3, 0.4) is 0 Å². The molecule has 0 bridgehead atoms. The van der Waals surface area contributed by atoms with Crippen LogP contribution in [0.1, 0.15) is 44.4 Å². The molecule has 1 aromatic carbocycles. The van der Waals surface area contributed by atoms with Gasteiger partial charge in [0.2, 0.25) is 0 Å². The van der Waals surface area contributed by atoms with E-state index in [-0.39, 0.29) is 12.1 Å². The fraction of sp³-hybridized carbons (Fsp3) is 0.625. The Morgan fingerprint density at radius 3 is 2.29 bits per heavy atom. The molecule has 0 saturated heterocycles. The lowest BCUT2D eigenvalue weighted by atomic mass is 9.98. The van der Waals surface area contributed by atoms with E-state index in [0.29, 0.717) is 18.0 Å². The summed E-state index contributed by atoms with van der Waals surface area (Å²) < 4.78 is 38.5. The summed E-state index contributed by atoms with van der Waals surface area (Å²) in [6.45, 7) is 6.63. The van der Waals surface area contributed by atoms with E-state index in [2.05, 4.69) is 25.7 Å². The minimum atomic E-state index is -4.32. The van der Waals surface area contributed by atoms with Crippen molar-refractivity contribution in [2.75, 3.05) is 13.6 Å². The Balaban J connectivity index is 2.99. The van der Waals surface area contributed by atoms with Gasteiger partial charge in [-0.25, -0.2) is 0 Å². The zero-order chi connectivity index (χ0) is 16.2. The first-order valence-electron chi connectivity index (χ1n) is 7.26. The van der Waals surface area contributed by atoms with Gasteiger partial charge < -0.3 is 5.73 Å². The monoisotopic (exact) mass is 302 g/mol. The predicted molar refractivity (Wildman–Crippen MR) is 79.9 cm³/mol. The highest BCUT2D eigenvalue weighted by atomic mass is 19.4. The van der Waals surface area contributed by atoms with Gasteiger partial charge in [0.1, 0.15) is 0 Å². The lowest BCUT2D eigenvalue weighted by Crippen LogP contribution is -2.37. The standard InChI is InChI=1S/C16H25F3N2/c1-11(2)8-12(3)21(4)15(10-20)13-6-5-7-14(9-13)16(17,18)19/h5-7,9,11-12,15H,8,10,20H2,1-4H3. The third kappa shape index (κ3) is 5.00. The molecular formula is C16H25F3N2. The Kier molecular flexibility index (Phi) is 6.23. The summed E-state index contributed by atoms with van der Waals surface area (Å²) in [5.74, 6) is 0.530. The molecule has 0 amide bonds. The SMILES string of the molecule is CC(C)CC(C)N(C)C(CN)c1cccc(C(F)(F)F)c1. The van der Waals surface area contributed by atoms with E-state index in [1.807, 2.05) is 7.05 Å². The van der Waals surface area contributed by atoms with Crippen molar-refractivity contribution in [2.45, 2.75) is 45.5 Å². The third-order valence-electron chi connectivity index (χ3n) is 3.82. The van der Waals surface area contributed by atoms with Crippen LogP contribution in [0.5, 0.6) is 0 Å². The molecule has 0 aliphatic carbocycles. The van der Waals surface area contributed by atoms with Gasteiger partial charge in [0.05, 0.1) is 5.56 Å². The van der Waals surface area contributed by atoms with E-state index in [1.165, 1.54) is 12.1 Å². The minimum absolute atomic E-state index is 0.207. The van der Waals surface area contributed by atoms with Crippen LogP contribution < -0.4 is 5.73 Å². The zero-order valence-corrected chi connectivity index (χ0v) is 13.1. The van der Waals surface area contributed by atoms with Gasteiger partial charge in [-0.1, -0.05) is 26.0 Å². The lowest BCUT2D eigenvalue weighted by molar-refractivity contribution is -0.137. The Morgan fingerprint density at radius 1 is 1.19 bits per heavy atom. The number of benzene rings is 1. The quantitative estimate of drug-likeness (QED) is 0.858.